The van der Waals surface area contributed by atoms with E-state index in [1.54, 1.807) is 0 Å². The van der Waals surface area contributed by atoms with Crippen molar-refractivity contribution < 1.29 is 18.3 Å². The number of nitrogens with two attached hydrogens (primary N) is 1. The second-order valence-electron chi connectivity index (χ2n) is 4.39. The van der Waals surface area contributed by atoms with Gasteiger partial charge < -0.3 is 9.84 Å². The van der Waals surface area contributed by atoms with Gasteiger partial charge in [0.05, 0.1) is 4.90 Å². The van der Waals surface area contributed by atoms with Crippen LogP contribution in [0, 0.1) is 0 Å². The number of aromatic hydroxyl groups is 1. The fourth-order valence-electron chi connectivity index (χ4n) is 1.09. The van der Waals surface area contributed by atoms with Gasteiger partial charge in [0.25, 0.3) is 0 Å². The number of sulfonamides is 1. The van der Waals surface area contributed by atoms with Crippen molar-refractivity contribution in [3.05, 3.63) is 18.2 Å². The van der Waals surface area contributed by atoms with E-state index in [0.29, 0.717) is 0 Å². The molecule has 0 aliphatic carbocycles. The molecule has 1 rings (SSSR count). The van der Waals surface area contributed by atoms with Gasteiger partial charge in [-0.2, -0.15) is 0 Å². The zero-order valence-electron chi connectivity index (χ0n) is 9.39. The third kappa shape index (κ3) is 3.39. The van der Waals surface area contributed by atoms with Gasteiger partial charge in [-0.15, -0.1) is 0 Å². The normalized spacial score (nSPS) is 12.5. The van der Waals surface area contributed by atoms with Gasteiger partial charge in [-0.1, -0.05) is 0 Å². The van der Waals surface area contributed by atoms with Gasteiger partial charge >= 0.3 is 0 Å². The molecule has 0 amide bonds. The first-order valence-electron chi connectivity index (χ1n) is 4.64. The van der Waals surface area contributed by atoms with Crippen molar-refractivity contribution in [2.45, 2.75) is 31.3 Å². The van der Waals surface area contributed by atoms with Crippen LogP contribution in [0.1, 0.15) is 20.8 Å². The van der Waals surface area contributed by atoms with E-state index in [-0.39, 0.29) is 16.4 Å². The number of primary sulfonamides is 1. The molecule has 0 saturated carbocycles. The highest BCUT2D eigenvalue weighted by Gasteiger charge is 2.16. The lowest BCUT2D eigenvalue weighted by molar-refractivity contribution is 0.126. The molecule has 0 aliphatic heterocycles. The lowest BCUT2D eigenvalue weighted by Gasteiger charge is -2.21. The molecule has 0 spiro atoms. The maximum Gasteiger partial charge on any atom is 0.238 e. The molecule has 0 radical (unpaired) electrons. The quantitative estimate of drug-likeness (QED) is 0.819. The Bertz CT molecular complexity index is 488. The molecule has 0 bridgehead atoms. The number of rotatable bonds is 2. The van der Waals surface area contributed by atoms with Gasteiger partial charge in [-0.3, -0.25) is 0 Å². The van der Waals surface area contributed by atoms with Gasteiger partial charge in [-0.05, 0) is 32.9 Å². The monoisotopic (exact) mass is 245 g/mol. The second-order valence-corrected chi connectivity index (χ2v) is 5.95. The maximum atomic E-state index is 11.0. The van der Waals surface area contributed by atoms with E-state index in [1.165, 1.54) is 12.1 Å². The average Bonchev–Trinajstić information content (AvgIpc) is 2.04. The van der Waals surface area contributed by atoms with Crippen molar-refractivity contribution >= 4 is 10.0 Å². The van der Waals surface area contributed by atoms with Gasteiger partial charge in [0.15, 0.2) is 11.5 Å². The summed E-state index contributed by atoms with van der Waals surface area (Å²) in [5, 5.41) is 14.5. The summed E-state index contributed by atoms with van der Waals surface area (Å²) >= 11 is 0. The SMILES string of the molecule is CC(C)(C)Oc1ccc(S(N)(=O)=O)cc1O. The van der Waals surface area contributed by atoms with Crippen LogP contribution in [-0.4, -0.2) is 19.1 Å². The molecule has 1 aromatic carbocycles. The highest BCUT2D eigenvalue weighted by atomic mass is 32.2. The fourth-order valence-corrected chi connectivity index (χ4v) is 1.62. The topological polar surface area (TPSA) is 89.6 Å². The smallest absolute Gasteiger partial charge is 0.238 e. The molecule has 90 valence electrons. The molecule has 0 unspecified atom stereocenters. The van der Waals surface area contributed by atoms with Crippen LogP contribution in [0.3, 0.4) is 0 Å². The van der Waals surface area contributed by atoms with Crippen LogP contribution < -0.4 is 9.88 Å². The van der Waals surface area contributed by atoms with Crippen LogP contribution in [0.25, 0.3) is 0 Å². The second kappa shape index (κ2) is 3.95. The van der Waals surface area contributed by atoms with Crippen LogP contribution in [-0.2, 0) is 10.0 Å². The van der Waals surface area contributed by atoms with Crippen LogP contribution in [0.4, 0.5) is 0 Å². The van der Waals surface area contributed by atoms with Crippen molar-refractivity contribution in [2.75, 3.05) is 0 Å². The summed E-state index contributed by atoms with van der Waals surface area (Å²) in [6, 6.07) is 3.73. The molecule has 6 heteroatoms. The molecule has 3 N–H and O–H groups in total. The molecule has 1 aromatic rings. The first-order chi connectivity index (χ1) is 7.09. The van der Waals surface area contributed by atoms with Crippen LogP contribution in [0.2, 0.25) is 0 Å². The summed E-state index contributed by atoms with van der Waals surface area (Å²) < 4.78 is 27.4. The number of hydrogen-bond donors (Lipinski definition) is 2. The standard InChI is InChI=1S/C10H15NO4S/c1-10(2,3)15-9-5-4-7(6-8(9)12)16(11,13)14/h4-6,12H,1-3H3,(H2,11,13,14). The number of hydrogen-bond acceptors (Lipinski definition) is 4. The summed E-state index contributed by atoms with van der Waals surface area (Å²) in [7, 11) is -3.80. The molecular weight excluding hydrogens is 230 g/mol. The Morgan fingerprint density at radius 3 is 2.25 bits per heavy atom. The fraction of sp³-hybridized carbons (Fsp3) is 0.400. The summed E-state index contributed by atoms with van der Waals surface area (Å²) in [4.78, 5) is -0.147. The molecule has 0 aromatic heterocycles. The molecule has 16 heavy (non-hydrogen) atoms. The minimum absolute atomic E-state index is 0.147. The van der Waals surface area contributed by atoms with E-state index in [2.05, 4.69) is 0 Å². The van der Waals surface area contributed by atoms with E-state index < -0.39 is 15.6 Å². The molecule has 0 saturated heterocycles. The largest absolute Gasteiger partial charge is 0.504 e. The van der Waals surface area contributed by atoms with E-state index in [4.69, 9.17) is 9.88 Å². The summed E-state index contributed by atoms with van der Waals surface area (Å²) in [5.41, 5.74) is -0.472. The van der Waals surface area contributed by atoms with Crippen LogP contribution >= 0.6 is 0 Å². The zero-order chi connectivity index (χ0) is 12.6. The van der Waals surface area contributed by atoms with Gasteiger partial charge in [0, 0.05) is 6.07 Å². The number of ether oxygens (including phenoxy) is 1. The average molecular weight is 245 g/mol. The first kappa shape index (κ1) is 12.8. The Kier molecular flexibility index (Phi) is 3.16. The molecule has 0 heterocycles. The van der Waals surface area contributed by atoms with Crippen molar-refractivity contribution in [3.63, 3.8) is 0 Å². The zero-order valence-corrected chi connectivity index (χ0v) is 10.2. The number of phenolic OH excluding ortho intramolecular Hbond substituents is 1. The van der Waals surface area contributed by atoms with Crippen molar-refractivity contribution in [2.24, 2.45) is 5.14 Å². The minimum atomic E-state index is -3.80. The highest BCUT2D eigenvalue weighted by Crippen LogP contribution is 2.30. The van der Waals surface area contributed by atoms with Gasteiger partial charge in [-0.25, -0.2) is 13.6 Å². The van der Waals surface area contributed by atoms with Crippen molar-refractivity contribution in [3.8, 4) is 11.5 Å². The van der Waals surface area contributed by atoms with Crippen molar-refractivity contribution in [1.82, 2.24) is 0 Å². The first-order valence-corrected chi connectivity index (χ1v) is 6.19. The minimum Gasteiger partial charge on any atom is -0.504 e. The molecule has 0 fully saturated rings. The highest BCUT2D eigenvalue weighted by molar-refractivity contribution is 7.89. The third-order valence-corrected chi connectivity index (χ3v) is 2.59. The van der Waals surface area contributed by atoms with Gasteiger partial charge in [0.2, 0.25) is 10.0 Å². The van der Waals surface area contributed by atoms with E-state index in [1.807, 2.05) is 20.8 Å². The summed E-state index contributed by atoms with van der Waals surface area (Å²) in [6.07, 6.45) is 0. The van der Waals surface area contributed by atoms with Crippen LogP contribution in [0.15, 0.2) is 23.1 Å². The summed E-state index contributed by atoms with van der Waals surface area (Å²) in [5.74, 6) is -0.0265. The Morgan fingerprint density at radius 2 is 1.88 bits per heavy atom. The lowest BCUT2D eigenvalue weighted by atomic mass is 10.2. The van der Waals surface area contributed by atoms with E-state index >= 15 is 0 Å². The Morgan fingerprint density at radius 1 is 1.31 bits per heavy atom. The predicted octanol–water partition coefficient (Wildman–Crippen LogP) is 1.22. The lowest BCUT2D eigenvalue weighted by Crippen LogP contribution is -2.23. The van der Waals surface area contributed by atoms with Crippen molar-refractivity contribution in [1.29, 1.82) is 0 Å². The molecule has 0 atom stereocenters. The summed E-state index contributed by atoms with van der Waals surface area (Å²) in [6.45, 7) is 5.46. The Balaban J connectivity index is 3.11. The Hall–Kier alpha value is -1.27. The number of phenols is 1. The third-order valence-electron chi connectivity index (χ3n) is 1.68. The Labute approximate surface area is 94.9 Å². The molecule has 5 nitrogen and oxygen atoms in total. The van der Waals surface area contributed by atoms with Crippen LogP contribution in [0.5, 0.6) is 11.5 Å². The number of benzene rings is 1. The van der Waals surface area contributed by atoms with Gasteiger partial charge in [0.1, 0.15) is 5.60 Å². The van der Waals surface area contributed by atoms with E-state index in [9.17, 15) is 13.5 Å². The maximum absolute atomic E-state index is 11.0. The predicted molar refractivity (Wildman–Crippen MR) is 59.9 cm³/mol. The molecular formula is C10H15NO4S. The van der Waals surface area contributed by atoms with E-state index in [0.717, 1.165) is 6.07 Å². The molecule has 0 aliphatic rings.